The van der Waals surface area contributed by atoms with Crippen molar-refractivity contribution in [1.82, 2.24) is 14.8 Å². The molecule has 0 bridgehead atoms. The van der Waals surface area contributed by atoms with E-state index >= 15 is 0 Å². The predicted molar refractivity (Wildman–Crippen MR) is 118 cm³/mol. The number of aryl methyl sites for hydroxylation is 2. The molecule has 1 aromatic carbocycles. The molecule has 1 aliphatic heterocycles. The minimum absolute atomic E-state index is 0.193. The first kappa shape index (κ1) is 20.9. The molecular weight excluding hydrogens is 346 g/mol. The standard InChI is InChI=1S/C24H37N3O/c1-4-26-18-21(22-13-5-6-14-23(22)26)12-8-15-24(28)25-16-9-17-27-19(2)10-7-11-20(27)3/h5-6,13-14,18-20H,4,7-12,15-17H2,1-3H3,(H,25,28)/t19-,20+. The van der Waals surface area contributed by atoms with Gasteiger partial charge in [0.2, 0.25) is 5.91 Å². The highest BCUT2D eigenvalue weighted by Gasteiger charge is 2.23. The molecule has 0 unspecified atom stereocenters. The van der Waals surface area contributed by atoms with Crippen molar-refractivity contribution in [2.24, 2.45) is 0 Å². The van der Waals surface area contributed by atoms with Gasteiger partial charge in [-0.3, -0.25) is 9.69 Å². The number of fused-ring (bicyclic) bond motifs is 1. The van der Waals surface area contributed by atoms with E-state index in [0.717, 1.165) is 38.9 Å². The highest BCUT2D eigenvalue weighted by atomic mass is 16.1. The van der Waals surface area contributed by atoms with Crippen LogP contribution < -0.4 is 5.32 Å². The minimum Gasteiger partial charge on any atom is -0.356 e. The third-order valence-electron chi connectivity index (χ3n) is 6.35. The largest absolute Gasteiger partial charge is 0.356 e. The molecule has 154 valence electrons. The summed E-state index contributed by atoms with van der Waals surface area (Å²) in [4.78, 5) is 14.8. The number of hydrogen-bond donors (Lipinski definition) is 1. The zero-order valence-corrected chi connectivity index (χ0v) is 17.9. The van der Waals surface area contributed by atoms with Crippen molar-refractivity contribution in [3.63, 3.8) is 0 Å². The Bertz CT molecular complexity index is 756. The second-order valence-electron chi connectivity index (χ2n) is 8.38. The van der Waals surface area contributed by atoms with E-state index in [2.05, 4.69) is 66.0 Å². The molecule has 1 fully saturated rings. The Morgan fingerprint density at radius 2 is 1.89 bits per heavy atom. The Morgan fingerprint density at radius 3 is 2.64 bits per heavy atom. The maximum Gasteiger partial charge on any atom is 0.220 e. The molecule has 1 N–H and O–H groups in total. The lowest BCUT2D eigenvalue weighted by Gasteiger charge is -2.39. The lowest BCUT2D eigenvalue weighted by molar-refractivity contribution is -0.121. The summed E-state index contributed by atoms with van der Waals surface area (Å²) in [5.74, 6) is 0.193. The summed E-state index contributed by atoms with van der Waals surface area (Å²) in [7, 11) is 0. The molecule has 2 aromatic rings. The Kier molecular flexibility index (Phi) is 7.55. The zero-order chi connectivity index (χ0) is 19.9. The molecule has 0 radical (unpaired) electrons. The molecule has 28 heavy (non-hydrogen) atoms. The van der Waals surface area contributed by atoms with Gasteiger partial charge in [-0.1, -0.05) is 24.6 Å². The van der Waals surface area contributed by atoms with E-state index in [1.807, 2.05) is 0 Å². The molecule has 1 aliphatic rings. The normalized spacial score (nSPS) is 20.5. The fourth-order valence-electron chi connectivity index (χ4n) is 4.72. The van der Waals surface area contributed by atoms with E-state index in [1.165, 1.54) is 35.7 Å². The smallest absolute Gasteiger partial charge is 0.220 e. The fourth-order valence-corrected chi connectivity index (χ4v) is 4.72. The number of piperidine rings is 1. The first-order chi connectivity index (χ1) is 13.6. The van der Waals surface area contributed by atoms with Crippen LogP contribution in [-0.4, -0.2) is 40.5 Å². The second kappa shape index (κ2) is 10.1. The van der Waals surface area contributed by atoms with E-state index in [4.69, 9.17) is 0 Å². The molecule has 1 amide bonds. The number of para-hydroxylation sites is 1. The summed E-state index contributed by atoms with van der Waals surface area (Å²) >= 11 is 0. The number of likely N-dealkylation sites (tertiary alicyclic amines) is 1. The molecule has 4 heteroatoms. The van der Waals surface area contributed by atoms with Crippen LogP contribution in [0, 0.1) is 0 Å². The summed E-state index contributed by atoms with van der Waals surface area (Å²) in [6.07, 6.45) is 9.76. The van der Waals surface area contributed by atoms with Gasteiger partial charge in [0.05, 0.1) is 0 Å². The number of rotatable bonds is 9. The topological polar surface area (TPSA) is 37.3 Å². The molecule has 0 aliphatic carbocycles. The average Bonchev–Trinajstić information content (AvgIpc) is 3.05. The minimum atomic E-state index is 0.193. The first-order valence-electron chi connectivity index (χ1n) is 11.2. The van der Waals surface area contributed by atoms with Crippen molar-refractivity contribution in [3.05, 3.63) is 36.0 Å². The number of carbonyl (C=O) groups excluding carboxylic acids is 1. The SMILES string of the molecule is CCn1cc(CCCC(=O)NCCCN2[C@H](C)CCC[C@@H]2C)c2ccccc21. The first-order valence-corrected chi connectivity index (χ1v) is 11.2. The summed E-state index contributed by atoms with van der Waals surface area (Å²) in [5, 5.41) is 4.45. The fraction of sp³-hybridized carbons (Fsp3) is 0.625. The molecule has 1 aromatic heterocycles. The number of aromatic nitrogens is 1. The van der Waals surface area contributed by atoms with Crippen molar-refractivity contribution in [2.75, 3.05) is 13.1 Å². The second-order valence-corrected chi connectivity index (χ2v) is 8.38. The zero-order valence-electron chi connectivity index (χ0n) is 17.9. The third-order valence-corrected chi connectivity index (χ3v) is 6.35. The van der Waals surface area contributed by atoms with E-state index in [1.54, 1.807) is 0 Å². The number of benzene rings is 1. The van der Waals surface area contributed by atoms with Gasteiger partial charge in [-0.25, -0.2) is 0 Å². The van der Waals surface area contributed by atoms with Gasteiger partial charge in [0.1, 0.15) is 0 Å². The number of carbonyl (C=O) groups is 1. The van der Waals surface area contributed by atoms with Crippen molar-refractivity contribution in [2.45, 2.75) is 84.3 Å². The Balaban J connectivity index is 1.37. The van der Waals surface area contributed by atoms with Crippen molar-refractivity contribution in [1.29, 1.82) is 0 Å². The van der Waals surface area contributed by atoms with Gasteiger partial charge in [0.25, 0.3) is 0 Å². The molecule has 2 atom stereocenters. The van der Waals surface area contributed by atoms with Gasteiger partial charge in [-0.15, -0.1) is 0 Å². The highest BCUT2D eigenvalue weighted by molar-refractivity contribution is 5.84. The molecule has 3 rings (SSSR count). The molecule has 4 nitrogen and oxygen atoms in total. The van der Waals surface area contributed by atoms with Crippen LogP contribution in [0.1, 0.15) is 64.9 Å². The van der Waals surface area contributed by atoms with Crippen molar-refractivity contribution in [3.8, 4) is 0 Å². The number of nitrogens with one attached hydrogen (secondary N) is 1. The van der Waals surface area contributed by atoms with Crippen LogP contribution in [0.15, 0.2) is 30.5 Å². The van der Waals surface area contributed by atoms with Crippen LogP contribution in [0.25, 0.3) is 10.9 Å². The monoisotopic (exact) mass is 383 g/mol. The van der Waals surface area contributed by atoms with Gasteiger partial charge in [-0.05, 0) is 64.5 Å². The van der Waals surface area contributed by atoms with Gasteiger partial charge in [0.15, 0.2) is 0 Å². The summed E-state index contributed by atoms with van der Waals surface area (Å²) in [6.45, 7) is 9.72. The Hall–Kier alpha value is -1.81. The van der Waals surface area contributed by atoms with Gasteiger partial charge in [0, 0.05) is 55.2 Å². The maximum atomic E-state index is 12.2. The lowest BCUT2D eigenvalue weighted by Crippen LogP contribution is -2.44. The molecule has 2 heterocycles. The van der Waals surface area contributed by atoms with E-state index in [-0.39, 0.29) is 5.91 Å². The molecule has 1 saturated heterocycles. The van der Waals surface area contributed by atoms with Crippen LogP contribution in [0.4, 0.5) is 0 Å². The number of hydrogen-bond acceptors (Lipinski definition) is 2. The molecular formula is C24H37N3O. The van der Waals surface area contributed by atoms with E-state index in [9.17, 15) is 4.79 Å². The quantitative estimate of drug-likeness (QED) is 0.634. The van der Waals surface area contributed by atoms with Crippen LogP contribution in [0.3, 0.4) is 0 Å². The van der Waals surface area contributed by atoms with Crippen molar-refractivity contribution >= 4 is 16.8 Å². The summed E-state index contributed by atoms with van der Waals surface area (Å²) in [6, 6.07) is 9.94. The van der Waals surface area contributed by atoms with Crippen LogP contribution in [0.2, 0.25) is 0 Å². The Labute approximate surface area is 170 Å². The highest BCUT2D eigenvalue weighted by Crippen LogP contribution is 2.23. The lowest BCUT2D eigenvalue weighted by atomic mass is 9.97. The summed E-state index contributed by atoms with van der Waals surface area (Å²) in [5.41, 5.74) is 2.66. The number of amides is 1. The number of nitrogens with zero attached hydrogens (tertiary/aromatic N) is 2. The maximum absolute atomic E-state index is 12.2. The third kappa shape index (κ3) is 5.16. The van der Waals surface area contributed by atoms with Gasteiger partial charge in [-0.2, -0.15) is 0 Å². The van der Waals surface area contributed by atoms with Gasteiger partial charge < -0.3 is 9.88 Å². The summed E-state index contributed by atoms with van der Waals surface area (Å²) < 4.78 is 2.30. The van der Waals surface area contributed by atoms with Crippen LogP contribution in [0.5, 0.6) is 0 Å². The van der Waals surface area contributed by atoms with Crippen molar-refractivity contribution < 1.29 is 4.79 Å². The molecule has 0 spiro atoms. The average molecular weight is 384 g/mol. The van der Waals surface area contributed by atoms with Gasteiger partial charge >= 0.3 is 0 Å². The van der Waals surface area contributed by atoms with E-state index < -0.39 is 0 Å². The predicted octanol–water partition coefficient (Wildman–Crippen LogP) is 4.75. The van der Waals surface area contributed by atoms with Crippen LogP contribution >= 0.6 is 0 Å². The Morgan fingerprint density at radius 1 is 1.14 bits per heavy atom. The molecule has 0 saturated carbocycles. The van der Waals surface area contributed by atoms with E-state index in [0.29, 0.717) is 18.5 Å². The van der Waals surface area contributed by atoms with Crippen LogP contribution in [-0.2, 0) is 17.8 Å².